The zero-order valence-corrected chi connectivity index (χ0v) is 23.4. The number of hydroxylamine groups is 1. The van der Waals surface area contributed by atoms with Crippen LogP contribution in [0.1, 0.15) is 28.2 Å². The van der Waals surface area contributed by atoms with Crippen LogP contribution >= 0.6 is 11.3 Å². The second kappa shape index (κ2) is 10.6. The molecule has 0 radical (unpaired) electrons. The summed E-state index contributed by atoms with van der Waals surface area (Å²) in [5, 5.41) is 10.2. The van der Waals surface area contributed by atoms with Gasteiger partial charge in [-0.1, -0.05) is 42.5 Å². The highest BCUT2D eigenvalue weighted by molar-refractivity contribution is 7.92. The molecule has 0 bridgehead atoms. The van der Waals surface area contributed by atoms with Gasteiger partial charge in [0.15, 0.2) is 22.0 Å². The molecular formula is C29H26N4O6S2. The number of fused-ring (bicyclic) bond motifs is 1. The van der Waals surface area contributed by atoms with Gasteiger partial charge in [-0.2, -0.15) is 0 Å². The standard InChI is InChI=1S/C29H26N4O6S2/c34-27(32-36)16-29(26-10-9-25(40-26)20-7-5-19(6-8-20)24-17-30-18-39-24)11-12-33(13-14-41(29,37)38)28(35)23-15-21-3-1-2-4-22(21)31-23/h1-10,15,17-18,31,36H,11-14,16H2,(H,32,34). The van der Waals surface area contributed by atoms with Gasteiger partial charge in [-0.15, -0.1) is 11.3 Å². The van der Waals surface area contributed by atoms with Crippen molar-refractivity contribution in [2.75, 3.05) is 18.8 Å². The first-order chi connectivity index (χ1) is 19.8. The van der Waals surface area contributed by atoms with Crippen LogP contribution in [0, 0.1) is 0 Å². The van der Waals surface area contributed by atoms with Crippen LogP contribution in [-0.2, 0) is 19.4 Å². The summed E-state index contributed by atoms with van der Waals surface area (Å²) in [7, 11) is -3.94. The molecule has 1 saturated heterocycles. The van der Waals surface area contributed by atoms with Gasteiger partial charge in [0, 0.05) is 39.3 Å². The largest absolute Gasteiger partial charge is 0.444 e. The number of carbonyl (C=O) groups excluding carboxylic acids is 2. The van der Waals surface area contributed by atoms with Crippen molar-refractivity contribution in [3.8, 4) is 21.8 Å². The van der Waals surface area contributed by atoms with Gasteiger partial charge in [0.25, 0.3) is 5.91 Å². The second-order valence-electron chi connectivity index (χ2n) is 9.94. The molecule has 210 valence electrons. The van der Waals surface area contributed by atoms with Gasteiger partial charge in [-0.05, 0) is 36.2 Å². The number of hydrogen-bond donors (Lipinski definition) is 3. The van der Waals surface area contributed by atoms with Gasteiger partial charge in [0.2, 0.25) is 5.91 Å². The van der Waals surface area contributed by atoms with Gasteiger partial charge in [-0.3, -0.25) is 14.8 Å². The van der Waals surface area contributed by atoms with Crippen molar-refractivity contribution in [1.29, 1.82) is 0 Å². The van der Waals surface area contributed by atoms with Crippen LogP contribution in [0.15, 0.2) is 83.7 Å². The highest BCUT2D eigenvalue weighted by atomic mass is 32.2. The number of sulfone groups is 1. The molecule has 2 aromatic carbocycles. The Bertz CT molecular complexity index is 1790. The first-order valence-electron chi connectivity index (χ1n) is 12.9. The Morgan fingerprint density at radius 3 is 2.59 bits per heavy atom. The smallest absolute Gasteiger partial charge is 0.270 e. The Balaban J connectivity index is 1.32. The maximum Gasteiger partial charge on any atom is 0.270 e. The molecule has 6 rings (SSSR count). The van der Waals surface area contributed by atoms with E-state index in [4.69, 9.17) is 4.42 Å². The molecule has 41 heavy (non-hydrogen) atoms. The Hall–Kier alpha value is -4.26. The van der Waals surface area contributed by atoms with Crippen molar-refractivity contribution in [2.24, 2.45) is 0 Å². The molecule has 1 atom stereocenters. The van der Waals surface area contributed by atoms with Crippen molar-refractivity contribution in [1.82, 2.24) is 20.3 Å². The topological polar surface area (TPSA) is 146 Å². The maximum absolute atomic E-state index is 13.9. The summed E-state index contributed by atoms with van der Waals surface area (Å²) in [5.41, 5.74) is 4.50. The second-order valence-corrected chi connectivity index (χ2v) is 13.4. The predicted octanol–water partition coefficient (Wildman–Crippen LogP) is 4.60. The Morgan fingerprint density at radius 2 is 1.85 bits per heavy atom. The van der Waals surface area contributed by atoms with Crippen LogP contribution in [0.2, 0.25) is 0 Å². The minimum absolute atomic E-state index is 0.000886. The molecule has 10 nitrogen and oxygen atoms in total. The number of benzene rings is 2. The lowest BCUT2D eigenvalue weighted by molar-refractivity contribution is -0.129. The zero-order valence-electron chi connectivity index (χ0n) is 21.7. The number of H-pyrrole nitrogens is 1. The third-order valence-corrected chi connectivity index (χ3v) is 11.5. The number of aromatic amines is 1. The van der Waals surface area contributed by atoms with Crippen LogP contribution in [0.25, 0.3) is 32.7 Å². The lowest BCUT2D eigenvalue weighted by atomic mass is 9.97. The predicted molar refractivity (Wildman–Crippen MR) is 154 cm³/mol. The third kappa shape index (κ3) is 4.94. The van der Waals surface area contributed by atoms with E-state index in [1.807, 2.05) is 54.6 Å². The van der Waals surface area contributed by atoms with Crippen LogP contribution in [0.5, 0.6) is 0 Å². The van der Waals surface area contributed by atoms with Crippen LogP contribution < -0.4 is 5.48 Å². The molecule has 0 saturated carbocycles. The first-order valence-corrected chi connectivity index (χ1v) is 15.4. The van der Waals surface area contributed by atoms with Gasteiger partial charge < -0.3 is 14.3 Å². The Morgan fingerprint density at radius 1 is 1.07 bits per heavy atom. The summed E-state index contributed by atoms with van der Waals surface area (Å²) in [6.45, 7) is 0.103. The molecule has 3 N–H and O–H groups in total. The fourth-order valence-electron chi connectivity index (χ4n) is 5.33. The molecular weight excluding hydrogens is 564 g/mol. The summed E-state index contributed by atoms with van der Waals surface area (Å²) in [4.78, 5) is 35.8. The van der Waals surface area contributed by atoms with Gasteiger partial charge in [0.05, 0.1) is 18.4 Å². The average molecular weight is 591 g/mol. The SMILES string of the molecule is O=C(CC1(c2ccc(-c3ccc(-c4cnco4)cc3)s2)CCN(C(=O)c2cc3ccccc3[nH]2)CCS1(=O)=O)NO. The molecule has 12 heteroatoms. The van der Waals surface area contributed by atoms with Crippen molar-refractivity contribution >= 4 is 43.9 Å². The lowest BCUT2D eigenvalue weighted by Crippen LogP contribution is -2.41. The fraction of sp³-hybridized carbons (Fsp3) is 0.207. The molecule has 1 unspecified atom stereocenters. The van der Waals surface area contributed by atoms with E-state index in [-0.39, 0.29) is 31.2 Å². The lowest BCUT2D eigenvalue weighted by Gasteiger charge is -2.30. The van der Waals surface area contributed by atoms with Gasteiger partial charge >= 0.3 is 0 Å². The Kier molecular flexibility index (Phi) is 6.98. The number of nitrogens with zero attached hydrogens (tertiary/aromatic N) is 2. The summed E-state index contributed by atoms with van der Waals surface area (Å²) >= 11 is 1.28. The number of oxazole rings is 1. The van der Waals surface area contributed by atoms with E-state index in [0.717, 1.165) is 26.9 Å². The maximum atomic E-state index is 13.9. The van der Waals surface area contributed by atoms with Crippen LogP contribution in [0.3, 0.4) is 0 Å². The van der Waals surface area contributed by atoms with Crippen molar-refractivity contribution in [3.05, 3.63) is 89.9 Å². The molecule has 4 heterocycles. The number of rotatable bonds is 6. The quantitative estimate of drug-likeness (QED) is 0.194. The van der Waals surface area contributed by atoms with Crippen molar-refractivity contribution < 1.29 is 27.6 Å². The van der Waals surface area contributed by atoms with Crippen LogP contribution in [-0.4, -0.2) is 59.1 Å². The summed E-state index contributed by atoms with van der Waals surface area (Å²) in [6, 6.07) is 20.4. The summed E-state index contributed by atoms with van der Waals surface area (Å²) in [5.74, 6) is -0.807. The van der Waals surface area contributed by atoms with Crippen molar-refractivity contribution in [2.45, 2.75) is 17.6 Å². The van der Waals surface area contributed by atoms with Gasteiger partial charge in [0.1, 0.15) is 10.4 Å². The molecule has 5 aromatic rings. The van der Waals surface area contributed by atoms with E-state index in [2.05, 4.69) is 9.97 Å². The number of aromatic nitrogens is 2. The molecule has 1 aliphatic rings. The highest BCUT2D eigenvalue weighted by Gasteiger charge is 2.50. The molecule has 1 fully saturated rings. The van der Waals surface area contributed by atoms with E-state index in [1.54, 1.807) is 23.8 Å². The van der Waals surface area contributed by atoms with Crippen molar-refractivity contribution in [3.63, 3.8) is 0 Å². The fourth-order valence-corrected chi connectivity index (χ4v) is 8.93. The number of hydrogen-bond acceptors (Lipinski definition) is 8. The zero-order chi connectivity index (χ0) is 28.6. The average Bonchev–Trinajstić information content (AvgIpc) is 3.76. The van der Waals surface area contributed by atoms with E-state index < -0.39 is 26.9 Å². The molecule has 2 amide bonds. The van der Waals surface area contributed by atoms with E-state index in [1.165, 1.54) is 22.6 Å². The first kappa shape index (κ1) is 26.9. The number of amides is 2. The molecule has 3 aromatic heterocycles. The number of nitrogens with one attached hydrogen (secondary N) is 2. The summed E-state index contributed by atoms with van der Waals surface area (Å²) in [6.07, 6.45) is 2.51. The minimum atomic E-state index is -3.94. The number of carbonyl (C=O) groups is 2. The van der Waals surface area contributed by atoms with Crippen LogP contribution in [0.4, 0.5) is 0 Å². The third-order valence-electron chi connectivity index (χ3n) is 7.57. The van der Waals surface area contributed by atoms with E-state index in [0.29, 0.717) is 16.3 Å². The minimum Gasteiger partial charge on any atom is -0.444 e. The normalized spacial score (nSPS) is 18.7. The molecule has 0 aliphatic carbocycles. The van der Waals surface area contributed by atoms with E-state index in [9.17, 15) is 23.2 Å². The monoisotopic (exact) mass is 590 g/mol. The highest BCUT2D eigenvalue weighted by Crippen LogP contribution is 2.45. The Labute approximate surface area is 239 Å². The van der Waals surface area contributed by atoms with Gasteiger partial charge in [-0.25, -0.2) is 18.9 Å². The number of para-hydroxylation sites is 1. The number of thiophene rings is 1. The molecule has 0 spiro atoms. The summed E-state index contributed by atoms with van der Waals surface area (Å²) < 4.78 is 31.6. The molecule has 1 aliphatic heterocycles. The van der Waals surface area contributed by atoms with E-state index >= 15 is 0 Å².